The van der Waals surface area contributed by atoms with Gasteiger partial charge in [-0.05, 0) is 84.2 Å². The van der Waals surface area contributed by atoms with Crippen LogP contribution >= 0.6 is 11.6 Å². The number of pyridine rings is 2. The molecule has 0 bridgehead atoms. The molecule has 0 radical (unpaired) electrons. The van der Waals surface area contributed by atoms with E-state index in [-0.39, 0.29) is 5.56 Å². The molecular weight excluding hydrogens is 480 g/mol. The van der Waals surface area contributed by atoms with E-state index in [1.807, 2.05) is 34.9 Å². The van der Waals surface area contributed by atoms with Crippen LogP contribution in [-0.2, 0) is 13.1 Å². The van der Waals surface area contributed by atoms with Crippen LogP contribution in [0.5, 0.6) is 0 Å². The molecule has 0 spiro atoms. The van der Waals surface area contributed by atoms with Gasteiger partial charge in [0.1, 0.15) is 0 Å². The molecule has 0 atom stereocenters. The van der Waals surface area contributed by atoms with Crippen molar-refractivity contribution in [2.45, 2.75) is 32.0 Å². The van der Waals surface area contributed by atoms with Gasteiger partial charge in [-0.3, -0.25) is 9.78 Å². The molecule has 3 aromatic carbocycles. The lowest BCUT2D eigenvalue weighted by Crippen LogP contribution is -2.43. The zero-order valence-corrected chi connectivity index (χ0v) is 21.4. The number of benzene rings is 3. The van der Waals surface area contributed by atoms with E-state index in [2.05, 4.69) is 63.7 Å². The first kappa shape index (κ1) is 23.7. The second-order valence-corrected chi connectivity index (χ2v) is 10.2. The van der Waals surface area contributed by atoms with Crippen molar-refractivity contribution in [2.75, 3.05) is 18.0 Å². The predicted molar refractivity (Wildman–Crippen MR) is 153 cm³/mol. The summed E-state index contributed by atoms with van der Waals surface area (Å²) in [5, 5.41) is 7.61. The third kappa shape index (κ3) is 4.97. The zero-order valence-electron chi connectivity index (χ0n) is 20.6. The lowest BCUT2D eigenvalue weighted by atomic mass is 10.0. The largest absolute Gasteiger partial charge is 0.363 e. The number of halogens is 1. The fourth-order valence-corrected chi connectivity index (χ4v) is 5.64. The first-order valence-corrected chi connectivity index (χ1v) is 13.2. The van der Waals surface area contributed by atoms with Crippen molar-refractivity contribution in [1.29, 1.82) is 0 Å². The van der Waals surface area contributed by atoms with Gasteiger partial charge in [-0.25, -0.2) is 0 Å². The minimum Gasteiger partial charge on any atom is -0.363 e. The van der Waals surface area contributed by atoms with Gasteiger partial charge in [0.25, 0.3) is 5.56 Å². The van der Waals surface area contributed by atoms with Gasteiger partial charge in [0.05, 0.1) is 17.7 Å². The minimum atomic E-state index is -0.0287. The van der Waals surface area contributed by atoms with Gasteiger partial charge in [0.15, 0.2) is 0 Å². The number of nitrogens with one attached hydrogen (secondary N) is 1. The summed E-state index contributed by atoms with van der Waals surface area (Å²) >= 11 is 6.46. The highest BCUT2D eigenvalue weighted by atomic mass is 35.5. The average molecular weight is 509 g/mol. The molecule has 1 saturated heterocycles. The molecule has 5 nitrogen and oxygen atoms in total. The SMILES string of the molecule is O=c1cc(N(Cc2ccc3ccccc3c2)C2CCNCC2)c2ccc(Cl)cc2n1Cc1ccncc1. The molecule has 3 heterocycles. The van der Waals surface area contributed by atoms with E-state index in [9.17, 15) is 4.79 Å². The van der Waals surface area contributed by atoms with E-state index in [1.54, 1.807) is 12.4 Å². The number of anilines is 1. The summed E-state index contributed by atoms with van der Waals surface area (Å²) < 4.78 is 1.82. The summed E-state index contributed by atoms with van der Waals surface area (Å²) in [5.41, 5.74) is 4.06. The van der Waals surface area contributed by atoms with Gasteiger partial charge in [-0.15, -0.1) is 0 Å². The summed E-state index contributed by atoms with van der Waals surface area (Å²) in [6.07, 6.45) is 5.57. The van der Waals surface area contributed by atoms with E-state index in [4.69, 9.17) is 11.6 Å². The van der Waals surface area contributed by atoms with Crippen molar-refractivity contribution in [3.63, 3.8) is 0 Å². The highest BCUT2D eigenvalue weighted by Crippen LogP contribution is 2.32. The van der Waals surface area contributed by atoms with Gasteiger partial charge in [0.2, 0.25) is 0 Å². The maximum Gasteiger partial charge on any atom is 0.253 e. The number of hydrogen-bond acceptors (Lipinski definition) is 4. The Labute approximate surface area is 221 Å². The van der Waals surface area contributed by atoms with E-state index in [1.165, 1.54) is 16.3 Å². The fourth-order valence-electron chi connectivity index (χ4n) is 5.47. The minimum absolute atomic E-state index is 0.0287. The second kappa shape index (κ2) is 10.4. The molecule has 1 fully saturated rings. The monoisotopic (exact) mass is 508 g/mol. The summed E-state index contributed by atoms with van der Waals surface area (Å²) in [5.74, 6) is 0. The fraction of sp³-hybridized carbons (Fsp3) is 0.226. The summed E-state index contributed by atoms with van der Waals surface area (Å²) in [4.78, 5) is 20.2. The van der Waals surface area contributed by atoms with Crippen molar-refractivity contribution in [3.05, 3.63) is 118 Å². The van der Waals surface area contributed by atoms with Crippen LogP contribution in [0.2, 0.25) is 5.02 Å². The first-order valence-electron chi connectivity index (χ1n) is 12.8. The van der Waals surface area contributed by atoms with Crippen LogP contribution in [0.15, 0.2) is 96.1 Å². The van der Waals surface area contributed by atoms with Crippen LogP contribution in [0.25, 0.3) is 21.7 Å². The number of rotatable bonds is 6. The molecule has 5 aromatic rings. The van der Waals surface area contributed by atoms with E-state index >= 15 is 0 Å². The summed E-state index contributed by atoms with van der Waals surface area (Å²) in [7, 11) is 0. The Bertz CT molecular complexity index is 1610. The number of nitrogens with zero attached hydrogens (tertiary/aromatic N) is 3. The van der Waals surface area contributed by atoms with E-state index in [0.717, 1.165) is 54.6 Å². The molecule has 1 aliphatic heterocycles. The standard InChI is InChI=1S/C31H29ClN4O/c32-26-7-8-28-29(18-26)36(20-22-9-13-33-14-10-22)31(37)19-30(28)35(27-11-15-34-16-12-27)21-23-5-6-24-3-1-2-4-25(24)17-23/h1-10,13-14,17-19,27,34H,11-12,15-16,20-21H2. The summed E-state index contributed by atoms with van der Waals surface area (Å²) in [6, 6.07) is 27.1. The molecule has 0 amide bonds. The average Bonchev–Trinajstić information content (AvgIpc) is 2.94. The molecule has 0 saturated carbocycles. The third-order valence-corrected chi connectivity index (χ3v) is 7.60. The van der Waals surface area contributed by atoms with Crippen LogP contribution in [-0.4, -0.2) is 28.7 Å². The third-order valence-electron chi connectivity index (χ3n) is 7.37. The number of aromatic nitrogens is 2. The molecule has 0 unspecified atom stereocenters. The lowest BCUT2D eigenvalue weighted by molar-refractivity contribution is 0.428. The van der Waals surface area contributed by atoms with Gasteiger partial charge in [-0.2, -0.15) is 0 Å². The maximum absolute atomic E-state index is 13.6. The highest BCUT2D eigenvalue weighted by molar-refractivity contribution is 6.31. The Morgan fingerprint density at radius 3 is 2.49 bits per heavy atom. The molecule has 37 heavy (non-hydrogen) atoms. The molecule has 0 aliphatic carbocycles. The molecule has 1 N–H and O–H groups in total. The van der Waals surface area contributed by atoms with Crippen molar-refractivity contribution in [2.24, 2.45) is 0 Å². The number of piperidine rings is 1. The molecule has 6 heteroatoms. The van der Waals surface area contributed by atoms with Gasteiger partial charge in [-0.1, -0.05) is 48.0 Å². The van der Waals surface area contributed by atoms with Gasteiger partial charge >= 0.3 is 0 Å². The molecule has 186 valence electrons. The smallest absolute Gasteiger partial charge is 0.253 e. The maximum atomic E-state index is 13.6. The highest BCUT2D eigenvalue weighted by Gasteiger charge is 2.25. The van der Waals surface area contributed by atoms with Crippen molar-refractivity contribution in [1.82, 2.24) is 14.9 Å². The Morgan fingerprint density at radius 1 is 0.892 bits per heavy atom. The molecule has 6 rings (SSSR count). The van der Waals surface area contributed by atoms with Gasteiger partial charge < -0.3 is 14.8 Å². The quantitative estimate of drug-likeness (QED) is 0.305. The van der Waals surface area contributed by atoms with Crippen LogP contribution < -0.4 is 15.8 Å². The zero-order chi connectivity index (χ0) is 25.2. The first-order chi connectivity index (χ1) is 18.2. The van der Waals surface area contributed by atoms with Crippen molar-refractivity contribution < 1.29 is 0 Å². The molecule has 2 aromatic heterocycles. The number of fused-ring (bicyclic) bond motifs is 2. The van der Waals surface area contributed by atoms with Crippen molar-refractivity contribution >= 4 is 39.0 Å². The van der Waals surface area contributed by atoms with Crippen LogP contribution in [0.3, 0.4) is 0 Å². The van der Waals surface area contributed by atoms with Crippen LogP contribution in [0.4, 0.5) is 5.69 Å². The Hall–Kier alpha value is -3.67. The number of hydrogen-bond donors (Lipinski definition) is 1. The molecular formula is C31H29ClN4O. The van der Waals surface area contributed by atoms with Crippen molar-refractivity contribution in [3.8, 4) is 0 Å². The molecule has 1 aliphatic rings. The normalized spacial score (nSPS) is 14.3. The van der Waals surface area contributed by atoms with Crippen LogP contribution in [0.1, 0.15) is 24.0 Å². The lowest BCUT2D eigenvalue weighted by Gasteiger charge is -2.37. The Balaban J connectivity index is 1.48. The van der Waals surface area contributed by atoms with Crippen LogP contribution in [0, 0.1) is 0 Å². The van der Waals surface area contributed by atoms with E-state index in [0.29, 0.717) is 17.6 Å². The Morgan fingerprint density at radius 2 is 1.68 bits per heavy atom. The summed E-state index contributed by atoms with van der Waals surface area (Å²) in [6.45, 7) is 3.15. The van der Waals surface area contributed by atoms with E-state index < -0.39 is 0 Å². The Kier molecular flexibility index (Phi) is 6.64. The topological polar surface area (TPSA) is 50.2 Å². The van der Waals surface area contributed by atoms with Gasteiger partial charge in [0, 0.05) is 41.5 Å². The predicted octanol–water partition coefficient (Wildman–Crippen LogP) is 6.01. The second-order valence-electron chi connectivity index (χ2n) is 9.76.